The summed E-state index contributed by atoms with van der Waals surface area (Å²) in [6.45, 7) is 1.65. The number of ether oxygens (including phenoxy) is 3. The Labute approximate surface area is 102 Å². The second-order valence-corrected chi connectivity index (χ2v) is 4.47. The highest BCUT2D eigenvalue weighted by Gasteiger charge is 2.14. The number of nitrogens with zero attached hydrogens (tertiary/aromatic N) is 1. The van der Waals surface area contributed by atoms with E-state index in [4.69, 9.17) is 14.2 Å². The van der Waals surface area contributed by atoms with Crippen molar-refractivity contribution < 1.29 is 14.2 Å². The van der Waals surface area contributed by atoms with Gasteiger partial charge in [-0.25, -0.2) is 4.98 Å². The van der Waals surface area contributed by atoms with Gasteiger partial charge in [-0.1, -0.05) is 0 Å². The third kappa shape index (κ3) is 3.58. The SMILES string of the molecule is Ic1ccc(OCC2CCOCO2)nc1. The van der Waals surface area contributed by atoms with Crippen molar-refractivity contribution in [2.45, 2.75) is 12.5 Å². The van der Waals surface area contributed by atoms with E-state index < -0.39 is 0 Å². The minimum absolute atomic E-state index is 0.125. The van der Waals surface area contributed by atoms with Gasteiger partial charge in [0, 0.05) is 22.3 Å². The summed E-state index contributed by atoms with van der Waals surface area (Å²) in [5, 5.41) is 0. The monoisotopic (exact) mass is 321 g/mol. The van der Waals surface area contributed by atoms with Crippen LogP contribution in [0.15, 0.2) is 18.3 Å². The maximum Gasteiger partial charge on any atom is 0.213 e. The topological polar surface area (TPSA) is 40.6 Å². The van der Waals surface area contributed by atoms with Crippen LogP contribution >= 0.6 is 22.6 Å². The van der Waals surface area contributed by atoms with Crippen LogP contribution in [0.5, 0.6) is 5.88 Å². The summed E-state index contributed by atoms with van der Waals surface area (Å²) in [7, 11) is 0. The molecule has 0 spiro atoms. The molecule has 0 aliphatic carbocycles. The van der Waals surface area contributed by atoms with E-state index in [0.29, 0.717) is 19.3 Å². The Kier molecular flexibility index (Phi) is 4.16. The Morgan fingerprint density at radius 1 is 1.53 bits per heavy atom. The lowest BCUT2D eigenvalue weighted by atomic mass is 10.3. The van der Waals surface area contributed by atoms with Crippen molar-refractivity contribution in [2.75, 3.05) is 20.0 Å². The highest BCUT2D eigenvalue weighted by Crippen LogP contribution is 2.12. The van der Waals surface area contributed by atoms with Crippen LogP contribution < -0.4 is 4.74 Å². The van der Waals surface area contributed by atoms with Gasteiger partial charge >= 0.3 is 0 Å². The fourth-order valence-electron chi connectivity index (χ4n) is 1.26. The number of hydrogen-bond acceptors (Lipinski definition) is 4. The zero-order valence-electron chi connectivity index (χ0n) is 8.19. The average molecular weight is 321 g/mol. The summed E-state index contributed by atoms with van der Waals surface area (Å²) in [6, 6.07) is 3.83. The summed E-state index contributed by atoms with van der Waals surface area (Å²) in [5.41, 5.74) is 0. The number of halogens is 1. The van der Waals surface area contributed by atoms with Crippen LogP contribution in [-0.2, 0) is 9.47 Å². The molecule has 0 amide bonds. The van der Waals surface area contributed by atoms with E-state index in [1.165, 1.54) is 0 Å². The molecule has 82 valence electrons. The Morgan fingerprint density at radius 3 is 3.13 bits per heavy atom. The summed E-state index contributed by atoms with van der Waals surface area (Å²) < 4.78 is 17.0. The zero-order valence-corrected chi connectivity index (χ0v) is 10.3. The number of hydrogen-bond donors (Lipinski definition) is 0. The van der Waals surface area contributed by atoms with Gasteiger partial charge in [0.05, 0.1) is 12.7 Å². The third-order valence-electron chi connectivity index (χ3n) is 2.09. The minimum atomic E-state index is 0.125. The van der Waals surface area contributed by atoms with Gasteiger partial charge in [-0.15, -0.1) is 0 Å². The van der Waals surface area contributed by atoms with Gasteiger partial charge in [-0.3, -0.25) is 0 Å². The second-order valence-electron chi connectivity index (χ2n) is 3.23. The molecule has 0 aromatic carbocycles. The van der Waals surface area contributed by atoms with Crippen molar-refractivity contribution in [1.82, 2.24) is 4.98 Å². The predicted molar refractivity (Wildman–Crippen MR) is 62.8 cm³/mol. The van der Waals surface area contributed by atoms with E-state index in [0.717, 1.165) is 16.6 Å². The Hall–Kier alpha value is -0.400. The quantitative estimate of drug-likeness (QED) is 0.797. The first-order chi connectivity index (χ1) is 7.34. The molecule has 0 bridgehead atoms. The molecule has 1 aliphatic heterocycles. The summed E-state index contributed by atoms with van der Waals surface area (Å²) in [5.74, 6) is 0.644. The van der Waals surface area contributed by atoms with Crippen molar-refractivity contribution in [3.63, 3.8) is 0 Å². The molecule has 0 radical (unpaired) electrons. The first kappa shape index (κ1) is 11.1. The fraction of sp³-hybridized carbons (Fsp3) is 0.500. The molecule has 15 heavy (non-hydrogen) atoms. The van der Waals surface area contributed by atoms with E-state index in [-0.39, 0.29) is 6.10 Å². The molecule has 1 aliphatic rings. The van der Waals surface area contributed by atoms with Crippen molar-refractivity contribution >= 4 is 22.6 Å². The molecular weight excluding hydrogens is 309 g/mol. The molecule has 2 rings (SSSR count). The van der Waals surface area contributed by atoms with E-state index >= 15 is 0 Å². The van der Waals surface area contributed by atoms with Crippen LogP contribution in [0.25, 0.3) is 0 Å². The number of rotatable bonds is 3. The Morgan fingerprint density at radius 2 is 2.47 bits per heavy atom. The van der Waals surface area contributed by atoms with Crippen LogP contribution in [0.2, 0.25) is 0 Å². The van der Waals surface area contributed by atoms with E-state index in [2.05, 4.69) is 27.6 Å². The van der Waals surface area contributed by atoms with E-state index in [1.807, 2.05) is 12.1 Å². The van der Waals surface area contributed by atoms with Crippen LogP contribution in [0.4, 0.5) is 0 Å². The first-order valence-corrected chi connectivity index (χ1v) is 5.86. The number of pyridine rings is 1. The Balaban J connectivity index is 1.79. The normalized spacial score (nSPS) is 21.3. The van der Waals surface area contributed by atoms with Crippen LogP contribution in [-0.4, -0.2) is 31.1 Å². The maximum absolute atomic E-state index is 5.51. The lowest BCUT2D eigenvalue weighted by molar-refractivity contribution is -0.147. The molecule has 2 heterocycles. The highest BCUT2D eigenvalue weighted by molar-refractivity contribution is 14.1. The minimum Gasteiger partial charge on any atom is -0.475 e. The molecule has 1 fully saturated rings. The third-order valence-corrected chi connectivity index (χ3v) is 2.73. The van der Waals surface area contributed by atoms with Crippen LogP contribution in [0, 0.1) is 3.57 Å². The molecule has 4 nitrogen and oxygen atoms in total. The molecule has 5 heteroatoms. The van der Waals surface area contributed by atoms with Gasteiger partial charge in [-0.05, 0) is 28.7 Å². The van der Waals surface area contributed by atoms with Crippen LogP contribution in [0.1, 0.15) is 6.42 Å². The van der Waals surface area contributed by atoms with Gasteiger partial charge in [0.1, 0.15) is 13.4 Å². The molecule has 0 N–H and O–H groups in total. The number of aromatic nitrogens is 1. The molecule has 1 saturated heterocycles. The van der Waals surface area contributed by atoms with Gasteiger partial charge in [0.15, 0.2) is 0 Å². The molecule has 1 aromatic heterocycles. The van der Waals surface area contributed by atoms with Crippen LogP contribution in [0.3, 0.4) is 0 Å². The van der Waals surface area contributed by atoms with E-state index in [9.17, 15) is 0 Å². The maximum atomic E-state index is 5.51. The lowest BCUT2D eigenvalue weighted by Gasteiger charge is -2.22. The van der Waals surface area contributed by atoms with Gasteiger partial charge in [0.2, 0.25) is 5.88 Å². The van der Waals surface area contributed by atoms with Crippen molar-refractivity contribution in [3.05, 3.63) is 21.9 Å². The van der Waals surface area contributed by atoms with Gasteiger partial charge in [0.25, 0.3) is 0 Å². The van der Waals surface area contributed by atoms with E-state index in [1.54, 1.807) is 6.20 Å². The predicted octanol–water partition coefficient (Wildman–Crippen LogP) is 1.83. The molecule has 1 unspecified atom stereocenters. The lowest BCUT2D eigenvalue weighted by Crippen LogP contribution is -2.29. The smallest absolute Gasteiger partial charge is 0.213 e. The standard InChI is InChI=1S/C10H12INO3/c11-8-1-2-10(12-5-8)14-6-9-3-4-13-7-15-9/h1-2,5,9H,3-4,6-7H2. The van der Waals surface area contributed by atoms with Crippen molar-refractivity contribution in [1.29, 1.82) is 0 Å². The summed E-state index contributed by atoms with van der Waals surface area (Å²) in [4.78, 5) is 4.15. The zero-order chi connectivity index (χ0) is 10.5. The first-order valence-electron chi connectivity index (χ1n) is 4.78. The molecule has 1 atom stereocenters. The highest BCUT2D eigenvalue weighted by atomic mass is 127. The molecular formula is C10H12INO3. The Bertz CT molecular complexity index is 298. The summed E-state index contributed by atoms with van der Waals surface area (Å²) in [6.07, 6.45) is 2.78. The van der Waals surface area contributed by atoms with Gasteiger partial charge in [-0.2, -0.15) is 0 Å². The second kappa shape index (κ2) is 5.62. The largest absolute Gasteiger partial charge is 0.475 e. The van der Waals surface area contributed by atoms with Crippen molar-refractivity contribution in [3.8, 4) is 5.88 Å². The summed E-state index contributed by atoms with van der Waals surface area (Å²) >= 11 is 2.21. The van der Waals surface area contributed by atoms with Gasteiger partial charge < -0.3 is 14.2 Å². The van der Waals surface area contributed by atoms with Crippen molar-refractivity contribution in [2.24, 2.45) is 0 Å². The average Bonchev–Trinajstić information content (AvgIpc) is 2.30. The fourth-order valence-corrected chi connectivity index (χ4v) is 1.58. The molecule has 1 aromatic rings. The molecule has 0 saturated carbocycles.